The van der Waals surface area contributed by atoms with Gasteiger partial charge in [0, 0.05) is 18.2 Å². The molecule has 0 heterocycles. The first-order chi connectivity index (χ1) is 16.5. The SMILES string of the molecule is CNC(=O)C(OC(=O)C(O)(c1ccccc1)c1ccccc1)(c1ccccc1)c1ccccc1. The summed E-state index contributed by atoms with van der Waals surface area (Å²) >= 11 is 0. The highest BCUT2D eigenvalue weighted by molar-refractivity contribution is 5.95. The van der Waals surface area contributed by atoms with Crippen molar-refractivity contribution in [1.82, 2.24) is 5.32 Å². The largest absolute Gasteiger partial charge is 0.436 e. The van der Waals surface area contributed by atoms with Gasteiger partial charge in [-0.2, -0.15) is 0 Å². The number of amides is 1. The first kappa shape index (κ1) is 23.0. The van der Waals surface area contributed by atoms with Crippen LogP contribution in [0.5, 0.6) is 0 Å². The normalized spacial score (nSPS) is 11.5. The van der Waals surface area contributed by atoms with Crippen LogP contribution in [0.1, 0.15) is 22.3 Å². The van der Waals surface area contributed by atoms with Gasteiger partial charge in [0.1, 0.15) is 0 Å². The van der Waals surface area contributed by atoms with Crippen LogP contribution in [0.15, 0.2) is 121 Å². The van der Waals surface area contributed by atoms with Crippen LogP contribution in [0.25, 0.3) is 0 Å². The average molecular weight is 452 g/mol. The average Bonchev–Trinajstić information content (AvgIpc) is 2.92. The van der Waals surface area contributed by atoms with Crippen LogP contribution in [0.3, 0.4) is 0 Å². The second-order valence-corrected chi connectivity index (χ2v) is 7.82. The highest BCUT2D eigenvalue weighted by Crippen LogP contribution is 2.39. The molecule has 4 aromatic rings. The highest BCUT2D eigenvalue weighted by Gasteiger charge is 2.51. The molecule has 34 heavy (non-hydrogen) atoms. The lowest BCUT2D eigenvalue weighted by atomic mass is 9.83. The molecule has 0 aliphatic heterocycles. The third kappa shape index (κ3) is 3.98. The van der Waals surface area contributed by atoms with E-state index in [0.717, 1.165) is 0 Å². The van der Waals surface area contributed by atoms with Crippen LogP contribution in [-0.2, 0) is 25.5 Å². The zero-order valence-corrected chi connectivity index (χ0v) is 18.7. The van der Waals surface area contributed by atoms with Crippen LogP contribution < -0.4 is 5.32 Å². The van der Waals surface area contributed by atoms with E-state index in [1.54, 1.807) is 109 Å². The van der Waals surface area contributed by atoms with E-state index in [4.69, 9.17) is 4.74 Å². The van der Waals surface area contributed by atoms with Gasteiger partial charge in [-0.3, -0.25) is 4.79 Å². The Balaban J connectivity index is 1.93. The third-order valence-corrected chi connectivity index (χ3v) is 5.83. The van der Waals surface area contributed by atoms with Gasteiger partial charge in [-0.25, -0.2) is 4.79 Å². The van der Waals surface area contributed by atoms with Gasteiger partial charge < -0.3 is 15.2 Å². The minimum atomic E-state index is -2.15. The maximum Gasteiger partial charge on any atom is 0.349 e. The number of aliphatic hydroxyl groups is 1. The summed E-state index contributed by atoms with van der Waals surface area (Å²) < 4.78 is 6.14. The molecule has 4 aromatic carbocycles. The van der Waals surface area contributed by atoms with Gasteiger partial charge in [-0.15, -0.1) is 0 Å². The smallest absolute Gasteiger partial charge is 0.349 e. The molecule has 5 nitrogen and oxygen atoms in total. The quantitative estimate of drug-likeness (QED) is 0.414. The number of hydrogen-bond acceptors (Lipinski definition) is 4. The van der Waals surface area contributed by atoms with E-state index >= 15 is 0 Å². The monoisotopic (exact) mass is 451 g/mol. The van der Waals surface area contributed by atoms with E-state index in [9.17, 15) is 14.7 Å². The van der Waals surface area contributed by atoms with E-state index in [0.29, 0.717) is 22.3 Å². The maximum absolute atomic E-state index is 14.0. The van der Waals surface area contributed by atoms with Gasteiger partial charge in [-0.1, -0.05) is 121 Å². The van der Waals surface area contributed by atoms with Crippen molar-refractivity contribution < 1.29 is 19.4 Å². The summed E-state index contributed by atoms with van der Waals surface area (Å²) in [5.74, 6) is -1.51. The molecule has 5 heteroatoms. The Morgan fingerprint density at radius 2 is 0.941 bits per heavy atom. The van der Waals surface area contributed by atoms with E-state index < -0.39 is 23.1 Å². The Bertz CT molecular complexity index is 1160. The molecule has 0 aliphatic carbocycles. The number of carbonyl (C=O) groups is 2. The van der Waals surface area contributed by atoms with Crippen LogP contribution in [0.4, 0.5) is 0 Å². The van der Waals surface area contributed by atoms with Crippen molar-refractivity contribution in [3.05, 3.63) is 144 Å². The van der Waals surface area contributed by atoms with Crippen LogP contribution >= 0.6 is 0 Å². The summed E-state index contributed by atoms with van der Waals surface area (Å²) in [5, 5.41) is 14.6. The minimum absolute atomic E-state index is 0.332. The first-order valence-corrected chi connectivity index (χ1v) is 10.9. The zero-order chi connectivity index (χ0) is 24.0. The predicted molar refractivity (Wildman–Crippen MR) is 130 cm³/mol. The molecule has 0 aliphatic rings. The Hall–Kier alpha value is -4.22. The summed E-state index contributed by atoms with van der Waals surface area (Å²) in [5.41, 5.74) is -2.40. The molecule has 0 saturated heterocycles. The number of rotatable bonds is 7. The summed E-state index contributed by atoms with van der Waals surface area (Å²) in [7, 11) is 1.48. The van der Waals surface area contributed by atoms with Crippen molar-refractivity contribution in [3.63, 3.8) is 0 Å². The fourth-order valence-corrected chi connectivity index (χ4v) is 4.09. The Morgan fingerprint density at radius 1 is 0.618 bits per heavy atom. The van der Waals surface area contributed by atoms with Crippen molar-refractivity contribution in [3.8, 4) is 0 Å². The highest BCUT2D eigenvalue weighted by atomic mass is 16.6. The van der Waals surface area contributed by atoms with E-state index in [1.165, 1.54) is 7.05 Å². The summed E-state index contributed by atoms with van der Waals surface area (Å²) in [6.45, 7) is 0. The molecule has 0 fully saturated rings. The molecule has 1 amide bonds. The van der Waals surface area contributed by atoms with Crippen LogP contribution in [-0.4, -0.2) is 24.0 Å². The van der Waals surface area contributed by atoms with Crippen molar-refractivity contribution in [2.75, 3.05) is 7.05 Å². The second-order valence-electron chi connectivity index (χ2n) is 7.82. The molecule has 0 atom stereocenters. The summed E-state index contributed by atoms with van der Waals surface area (Å²) in [4.78, 5) is 27.5. The lowest BCUT2D eigenvalue weighted by Gasteiger charge is -2.36. The first-order valence-electron chi connectivity index (χ1n) is 10.9. The molecule has 0 aromatic heterocycles. The molecule has 0 radical (unpaired) electrons. The van der Waals surface area contributed by atoms with Crippen LogP contribution in [0.2, 0.25) is 0 Å². The second kappa shape index (κ2) is 9.73. The van der Waals surface area contributed by atoms with Crippen molar-refractivity contribution in [1.29, 1.82) is 0 Å². The molecule has 0 saturated carbocycles. The number of likely N-dealkylation sites (N-methyl/N-ethyl adjacent to an activating group) is 1. The number of nitrogens with one attached hydrogen (secondary N) is 1. The number of esters is 1. The molecule has 2 N–H and O–H groups in total. The molecular formula is C29H25NO4. The maximum atomic E-state index is 14.0. The molecule has 170 valence electrons. The summed E-state index contributed by atoms with van der Waals surface area (Å²) in [6, 6.07) is 34.7. The zero-order valence-electron chi connectivity index (χ0n) is 18.7. The molecule has 4 rings (SSSR count). The number of carbonyl (C=O) groups excluding carboxylic acids is 2. The fourth-order valence-electron chi connectivity index (χ4n) is 4.09. The molecule has 0 unspecified atom stereocenters. The van der Waals surface area contributed by atoms with E-state index in [1.807, 2.05) is 12.1 Å². The van der Waals surface area contributed by atoms with E-state index in [-0.39, 0.29) is 0 Å². The molecule has 0 spiro atoms. The lowest BCUT2D eigenvalue weighted by molar-refractivity contribution is -0.180. The fraction of sp³-hybridized carbons (Fsp3) is 0.103. The standard InChI is InChI=1S/C29H25NO4/c1-30-26(31)29(24-18-10-4-11-19-24,25-20-12-5-13-21-25)34-27(32)28(33,22-14-6-2-7-15-22)23-16-8-3-9-17-23/h2-21,33H,1H3,(H,30,31). The van der Waals surface area contributed by atoms with Crippen LogP contribution in [0, 0.1) is 0 Å². The van der Waals surface area contributed by atoms with Gasteiger partial charge in [-0.05, 0) is 11.1 Å². The Morgan fingerprint density at radius 3 is 1.26 bits per heavy atom. The number of hydrogen-bond donors (Lipinski definition) is 2. The topological polar surface area (TPSA) is 75.6 Å². The van der Waals surface area contributed by atoms with Gasteiger partial charge in [0.15, 0.2) is 0 Å². The molecule has 0 bridgehead atoms. The minimum Gasteiger partial charge on any atom is -0.436 e. The number of ether oxygens (including phenoxy) is 1. The van der Waals surface area contributed by atoms with Gasteiger partial charge in [0.2, 0.25) is 11.2 Å². The number of benzene rings is 4. The van der Waals surface area contributed by atoms with E-state index in [2.05, 4.69) is 5.32 Å². The van der Waals surface area contributed by atoms with Gasteiger partial charge in [0.05, 0.1) is 0 Å². The Labute approximate surface area is 198 Å². The van der Waals surface area contributed by atoms with Crippen molar-refractivity contribution in [2.24, 2.45) is 0 Å². The molecular weight excluding hydrogens is 426 g/mol. The third-order valence-electron chi connectivity index (χ3n) is 5.83. The predicted octanol–water partition coefficient (Wildman–Crippen LogP) is 4.16. The lowest BCUT2D eigenvalue weighted by Crippen LogP contribution is -2.51. The summed E-state index contributed by atoms with van der Waals surface area (Å²) in [6.07, 6.45) is 0. The Kier molecular flexibility index (Phi) is 6.57. The van der Waals surface area contributed by atoms with Crippen molar-refractivity contribution >= 4 is 11.9 Å². The van der Waals surface area contributed by atoms with Crippen molar-refractivity contribution in [2.45, 2.75) is 11.2 Å². The van der Waals surface area contributed by atoms with Gasteiger partial charge in [0.25, 0.3) is 5.91 Å². The van der Waals surface area contributed by atoms with Gasteiger partial charge >= 0.3 is 5.97 Å².